The van der Waals surface area contributed by atoms with Gasteiger partial charge in [-0.15, -0.1) is 0 Å². The van der Waals surface area contributed by atoms with E-state index in [9.17, 15) is 18.0 Å². The van der Waals surface area contributed by atoms with Gasteiger partial charge < -0.3 is 20.9 Å². The molecule has 7 nitrogen and oxygen atoms in total. The van der Waals surface area contributed by atoms with Crippen molar-refractivity contribution in [1.29, 1.82) is 0 Å². The average Bonchev–Trinajstić information content (AvgIpc) is 2.74. The van der Waals surface area contributed by atoms with Gasteiger partial charge in [-0.25, -0.2) is 9.78 Å². The number of carboxylic acid groups (broad SMARTS) is 1. The van der Waals surface area contributed by atoms with Crippen molar-refractivity contribution in [3.05, 3.63) is 53.7 Å². The second kappa shape index (κ2) is 11.5. The Morgan fingerprint density at radius 1 is 1.22 bits per heavy atom. The Bertz CT molecular complexity index is 907. The molecular formula is C22H26F3N3O4. The van der Waals surface area contributed by atoms with Gasteiger partial charge in [0, 0.05) is 29.9 Å². The first-order valence-corrected chi connectivity index (χ1v) is 10.1. The lowest BCUT2D eigenvalue weighted by atomic mass is 9.86. The number of anilines is 1. The Kier molecular flexibility index (Phi) is 9.01. The van der Waals surface area contributed by atoms with Crippen LogP contribution in [0.3, 0.4) is 0 Å². The van der Waals surface area contributed by atoms with Gasteiger partial charge in [0.2, 0.25) is 11.8 Å². The van der Waals surface area contributed by atoms with E-state index in [0.29, 0.717) is 18.8 Å². The van der Waals surface area contributed by atoms with Gasteiger partial charge in [-0.3, -0.25) is 4.79 Å². The number of nitrogens with one attached hydrogen (secondary N) is 1. The van der Waals surface area contributed by atoms with Gasteiger partial charge in [0.15, 0.2) is 0 Å². The van der Waals surface area contributed by atoms with E-state index < -0.39 is 12.1 Å². The number of ether oxygens (including phenoxy) is 1. The molecule has 0 saturated heterocycles. The summed E-state index contributed by atoms with van der Waals surface area (Å²) in [5, 5.41) is 10.1. The molecule has 1 aliphatic rings. The number of para-hydroxylation sites is 1. The minimum Gasteiger partial charge on any atom is -0.475 e. The molecule has 10 heteroatoms. The van der Waals surface area contributed by atoms with Crippen molar-refractivity contribution in [3.63, 3.8) is 0 Å². The molecular weight excluding hydrogens is 427 g/mol. The van der Waals surface area contributed by atoms with E-state index in [4.69, 9.17) is 20.4 Å². The number of nitrogens with zero attached hydrogens (tertiary/aromatic N) is 1. The molecule has 1 aliphatic carbocycles. The number of carboxylic acids is 1. The first-order chi connectivity index (χ1) is 15.1. The maximum absolute atomic E-state index is 12.5. The number of carbonyl (C=O) groups is 2. The number of halogens is 3. The fraction of sp³-hybridized carbons (Fsp3) is 0.409. The van der Waals surface area contributed by atoms with E-state index in [1.807, 2.05) is 49.4 Å². The lowest BCUT2D eigenvalue weighted by Gasteiger charge is -2.28. The van der Waals surface area contributed by atoms with Crippen molar-refractivity contribution >= 4 is 17.6 Å². The van der Waals surface area contributed by atoms with Crippen LogP contribution in [0.5, 0.6) is 5.88 Å². The molecule has 1 unspecified atom stereocenters. The summed E-state index contributed by atoms with van der Waals surface area (Å²) in [5.74, 6) is -2.11. The molecule has 2 aromatic rings. The van der Waals surface area contributed by atoms with Crippen LogP contribution in [-0.2, 0) is 16.1 Å². The number of aryl methyl sites for hydroxylation is 1. The van der Waals surface area contributed by atoms with Crippen molar-refractivity contribution in [2.75, 3.05) is 5.32 Å². The van der Waals surface area contributed by atoms with Crippen LogP contribution in [0.1, 0.15) is 36.9 Å². The maximum Gasteiger partial charge on any atom is 0.490 e. The number of hydrogen-bond donors (Lipinski definition) is 3. The number of aromatic nitrogens is 1. The topological polar surface area (TPSA) is 115 Å². The van der Waals surface area contributed by atoms with Crippen LogP contribution in [0, 0.1) is 12.8 Å². The summed E-state index contributed by atoms with van der Waals surface area (Å²) in [5.41, 5.74) is 8.46. The predicted molar refractivity (Wildman–Crippen MR) is 112 cm³/mol. The molecule has 4 N–H and O–H groups in total. The average molecular weight is 453 g/mol. The Labute approximate surface area is 183 Å². The third kappa shape index (κ3) is 8.18. The Hall–Kier alpha value is -3.14. The highest BCUT2D eigenvalue weighted by molar-refractivity contribution is 5.92. The predicted octanol–water partition coefficient (Wildman–Crippen LogP) is 4.06. The Morgan fingerprint density at radius 2 is 1.88 bits per heavy atom. The van der Waals surface area contributed by atoms with E-state index in [0.717, 1.165) is 36.2 Å². The van der Waals surface area contributed by atoms with Gasteiger partial charge in [0.05, 0.1) is 0 Å². The molecule has 3 rings (SSSR count). The fourth-order valence-corrected chi connectivity index (χ4v) is 3.31. The van der Waals surface area contributed by atoms with Gasteiger partial charge in [0.1, 0.15) is 6.10 Å². The van der Waals surface area contributed by atoms with Crippen molar-refractivity contribution < 1.29 is 32.6 Å². The highest BCUT2D eigenvalue weighted by Gasteiger charge is 2.38. The van der Waals surface area contributed by atoms with Crippen LogP contribution in [0.2, 0.25) is 0 Å². The molecule has 2 atom stereocenters. The van der Waals surface area contributed by atoms with Crippen LogP contribution in [0.15, 0.2) is 42.5 Å². The van der Waals surface area contributed by atoms with Crippen molar-refractivity contribution in [2.45, 2.75) is 51.4 Å². The number of amides is 1. The Balaban J connectivity index is 0.000000451. The van der Waals surface area contributed by atoms with Crippen LogP contribution in [0.4, 0.5) is 18.9 Å². The van der Waals surface area contributed by atoms with Crippen LogP contribution < -0.4 is 15.8 Å². The van der Waals surface area contributed by atoms with Gasteiger partial charge in [-0.05, 0) is 56.4 Å². The summed E-state index contributed by atoms with van der Waals surface area (Å²) >= 11 is 0. The zero-order valence-corrected chi connectivity index (χ0v) is 17.6. The SMILES string of the molecule is Cc1cc(CN)cc(O[C@@H]2CCCC(C(=O)Nc3ccccc3)C2)n1.O=C(O)C(F)(F)F. The summed E-state index contributed by atoms with van der Waals surface area (Å²) in [4.78, 5) is 25.9. The van der Waals surface area contributed by atoms with Crippen LogP contribution in [-0.4, -0.2) is 34.2 Å². The first-order valence-electron chi connectivity index (χ1n) is 10.1. The van der Waals surface area contributed by atoms with Crippen LogP contribution in [0.25, 0.3) is 0 Å². The molecule has 0 bridgehead atoms. The number of carbonyl (C=O) groups excluding carboxylic acids is 1. The number of nitrogens with two attached hydrogens (primary N) is 1. The van der Waals surface area contributed by atoms with E-state index in [-0.39, 0.29) is 17.9 Å². The monoisotopic (exact) mass is 453 g/mol. The molecule has 1 heterocycles. The summed E-state index contributed by atoms with van der Waals surface area (Å²) < 4.78 is 37.8. The first kappa shape index (κ1) is 25.1. The second-order valence-corrected chi connectivity index (χ2v) is 7.42. The standard InChI is InChI=1S/C20H25N3O2.C2HF3O2/c1-14-10-15(13-21)11-19(22-14)25-18-9-5-6-16(12-18)20(24)23-17-7-3-2-4-8-17;3-2(4,5)1(6)7/h2-4,7-8,10-11,16,18H,5-6,9,12-13,21H2,1H3,(H,23,24);(H,6,7)/t16?,18-;/m1./s1. The molecule has 174 valence electrons. The number of alkyl halides is 3. The molecule has 0 radical (unpaired) electrons. The molecule has 1 aromatic heterocycles. The van der Waals surface area contributed by atoms with Gasteiger partial charge in [-0.1, -0.05) is 18.2 Å². The summed E-state index contributed by atoms with van der Waals surface area (Å²) in [6.45, 7) is 2.40. The summed E-state index contributed by atoms with van der Waals surface area (Å²) in [7, 11) is 0. The quantitative estimate of drug-likeness (QED) is 0.629. The summed E-state index contributed by atoms with van der Waals surface area (Å²) in [6, 6.07) is 13.4. The maximum atomic E-state index is 12.5. The summed E-state index contributed by atoms with van der Waals surface area (Å²) in [6.07, 6.45) is -1.53. The third-order valence-electron chi connectivity index (χ3n) is 4.79. The molecule has 1 amide bonds. The van der Waals surface area contributed by atoms with E-state index >= 15 is 0 Å². The number of benzene rings is 1. The number of hydrogen-bond acceptors (Lipinski definition) is 5. The lowest BCUT2D eigenvalue weighted by molar-refractivity contribution is -0.192. The molecule has 0 spiro atoms. The minimum atomic E-state index is -5.08. The van der Waals surface area contributed by atoms with Crippen molar-refractivity contribution in [1.82, 2.24) is 4.98 Å². The lowest BCUT2D eigenvalue weighted by Crippen LogP contribution is -2.33. The van der Waals surface area contributed by atoms with Gasteiger partial charge in [-0.2, -0.15) is 13.2 Å². The number of aliphatic carboxylic acids is 1. The van der Waals surface area contributed by atoms with Crippen LogP contribution >= 0.6 is 0 Å². The minimum absolute atomic E-state index is 0.0141. The van der Waals surface area contributed by atoms with E-state index in [1.54, 1.807) is 0 Å². The normalized spacial score (nSPS) is 18.2. The highest BCUT2D eigenvalue weighted by Crippen LogP contribution is 2.28. The molecule has 0 aliphatic heterocycles. The molecule has 1 saturated carbocycles. The zero-order chi connectivity index (χ0) is 23.7. The fourth-order valence-electron chi connectivity index (χ4n) is 3.31. The smallest absolute Gasteiger partial charge is 0.475 e. The van der Waals surface area contributed by atoms with Gasteiger partial charge >= 0.3 is 12.1 Å². The van der Waals surface area contributed by atoms with E-state index in [2.05, 4.69) is 10.3 Å². The second-order valence-electron chi connectivity index (χ2n) is 7.42. The molecule has 32 heavy (non-hydrogen) atoms. The highest BCUT2D eigenvalue weighted by atomic mass is 19.4. The Morgan fingerprint density at radius 3 is 2.47 bits per heavy atom. The third-order valence-corrected chi connectivity index (χ3v) is 4.79. The molecule has 1 aromatic carbocycles. The van der Waals surface area contributed by atoms with E-state index in [1.165, 1.54) is 0 Å². The number of pyridine rings is 1. The van der Waals surface area contributed by atoms with Crippen molar-refractivity contribution in [2.24, 2.45) is 11.7 Å². The van der Waals surface area contributed by atoms with Gasteiger partial charge in [0.25, 0.3) is 0 Å². The van der Waals surface area contributed by atoms with Crippen molar-refractivity contribution in [3.8, 4) is 5.88 Å². The number of rotatable bonds is 5. The zero-order valence-electron chi connectivity index (χ0n) is 17.6. The molecule has 1 fully saturated rings. The largest absolute Gasteiger partial charge is 0.490 e.